The Labute approximate surface area is 338 Å². The molecule has 6 unspecified atom stereocenters. The molecule has 4 heterocycles. The summed E-state index contributed by atoms with van der Waals surface area (Å²) in [5.74, 6) is -1.48. The van der Waals surface area contributed by atoms with Crippen LogP contribution in [-0.4, -0.2) is 107 Å². The second-order valence-corrected chi connectivity index (χ2v) is 16.9. The monoisotopic (exact) mass is 800 g/mol. The van der Waals surface area contributed by atoms with Gasteiger partial charge in [0.05, 0.1) is 23.5 Å². The lowest BCUT2D eigenvalue weighted by atomic mass is 9.93. The number of halogens is 2. The van der Waals surface area contributed by atoms with Crippen LogP contribution in [0.15, 0.2) is 36.4 Å². The Balaban J connectivity index is 1.26. The Kier molecular flexibility index (Phi) is 12.0. The largest absolute Gasteiger partial charge is 0.353 e. The van der Waals surface area contributed by atoms with Gasteiger partial charge in [-0.2, -0.15) is 0 Å². The zero-order valence-electron chi connectivity index (χ0n) is 34.5. The highest BCUT2D eigenvalue weighted by atomic mass is 19.1. The first kappa shape index (κ1) is 41.3. The molecule has 2 aromatic carbocycles. The van der Waals surface area contributed by atoms with E-state index in [0.29, 0.717) is 49.8 Å². The number of benzene rings is 2. The van der Waals surface area contributed by atoms with Crippen LogP contribution in [0.25, 0.3) is 33.2 Å². The molecule has 2 aliphatic heterocycles. The second-order valence-electron chi connectivity index (χ2n) is 16.9. The number of H-pyrrole nitrogens is 2. The van der Waals surface area contributed by atoms with Crippen LogP contribution in [0.1, 0.15) is 83.8 Å². The van der Waals surface area contributed by atoms with Crippen molar-refractivity contribution in [2.75, 3.05) is 27.2 Å². The maximum absolute atomic E-state index is 14.9. The third-order valence-electron chi connectivity index (χ3n) is 13.1. The summed E-state index contributed by atoms with van der Waals surface area (Å²) in [7, 11) is 3.41. The van der Waals surface area contributed by atoms with Crippen LogP contribution in [0.4, 0.5) is 8.78 Å². The number of hydrogen-bond donors (Lipinski definition) is 6. The van der Waals surface area contributed by atoms with E-state index in [1.54, 1.807) is 40.1 Å². The van der Waals surface area contributed by atoms with E-state index in [1.165, 1.54) is 24.3 Å². The van der Waals surface area contributed by atoms with Gasteiger partial charge in [0.1, 0.15) is 23.7 Å². The minimum absolute atomic E-state index is 0.0441. The van der Waals surface area contributed by atoms with Gasteiger partial charge in [0.2, 0.25) is 23.6 Å². The number of likely N-dealkylation sites (N-methyl/N-ethyl adjacent to an activating group) is 2. The van der Waals surface area contributed by atoms with Gasteiger partial charge in [-0.1, -0.05) is 13.8 Å². The minimum atomic E-state index is -0.671. The summed E-state index contributed by atoms with van der Waals surface area (Å²) in [5, 5.41) is 13.4. The van der Waals surface area contributed by atoms with Gasteiger partial charge in [0.25, 0.3) is 0 Å². The number of likely N-dealkylation sites (tertiary alicyclic amines) is 2. The molecule has 1 saturated carbocycles. The average molecular weight is 801 g/mol. The molecule has 58 heavy (non-hydrogen) atoms. The van der Waals surface area contributed by atoms with Crippen LogP contribution in [0, 0.1) is 17.0 Å². The molecule has 3 fully saturated rings. The number of amides is 4. The fourth-order valence-electron chi connectivity index (χ4n) is 9.19. The van der Waals surface area contributed by atoms with Crippen LogP contribution in [-0.2, 0) is 32.0 Å². The Morgan fingerprint density at radius 2 is 1.24 bits per heavy atom. The third kappa shape index (κ3) is 8.09. The van der Waals surface area contributed by atoms with Crippen LogP contribution in [0.2, 0.25) is 0 Å². The summed E-state index contributed by atoms with van der Waals surface area (Å²) in [6.45, 7) is 8.47. The number of rotatable bonds is 15. The summed E-state index contributed by atoms with van der Waals surface area (Å²) >= 11 is 0. The van der Waals surface area contributed by atoms with Crippen molar-refractivity contribution in [3.8, 4) is 11.4 Å². The molecule has 0 radical (unpaired) electrons. The molecule has 2 saturated heterocycles. The van der Waals surface area contributed by atoms with E-state index in [1.807, 2.05) is 23.6 Å². The Morgan fingerprint density at radius 1 is 0.759 bits per heavy atom. The number of carbonyl (C=O) groups excluding carboxylic acids is 4. The van der Waals surface area contributed by atoms with Gasteiger partial charge in [-0.15, -0.1) is 0 Å². The molecule has 14 heteroatoms. The van der Waals surface area contributed by atoms with Crippen molar-refractivity contribution in [1.29, 1.82) is 0 Å². The topological polar surface area (TPSA) is 154 Å². The maximum atomic E-state index is 14.9. The lowest BCUT2D eigenvalue weighted by molar-refractivity contribution is -0.137. The zero-order valence-corrected chi connectivity index (χ0v) is 34.5. The van der Waals surface area contributed by atoms with Crippen LogP contribution in [0.5, 0.6) is 0 Å². The van der Waals surface area contributed by atoms with E-state index in [2.05, 4.69) is 31.2 Å². The van der Waals surface area contributed by atoms with E-state index in [9.17, 15) is 28.0 Å². The molecule has 6 N–H and O–H groups in total. The molecule has 7 rings (SSSR count). The maximum Gasteiger partial charge on any atom is 0.245 e. The first-order chi connectivity index (χ1) is 27.8. The predicted octanol–water partition coefficient (Wildman–Crippen LogP) is 5.06. The molecular weight excluding hydrogens is 743 g/mol. The number of hydrogen-bond acceptors (Lipinski definition) is 6. The van der Waals surface area contributed by atoms with E-state index in [-0.39, 0.29) is 46.9 Å². The zero-order chi connectivity index (χ0) is 41.5. The van der Waals surface area contributed by atoms with Crippen molar-refractivity contribution in [3.05, 3.63) is 59.2 Å². The number of nitrogens with zero attached hydrogens (tertiary/aromatic N) is 2. The lowest BCUT2D eigenvalue weighted by Gasteiger charge is -2.30. The van der Waals surface area contributed by atoms with Gasteiger partial charge in [-0.25, -0.2) is 8.78 Å². The van der Waals surface area contributed by atoms with Crippen LogP contribution < -0.4 is 21.3 Å². The quantitative estimate of drug-likeness (QED) is 0.0990. The molecule has 1 aliphatic carbocycles. The minimum Gasteiger partial charge on any atom is -0.353 e. The fourth-order valence-corrected chi connectivity index (χ4v) is 9.19. The van der Waals surface area contributed by atoms with Gasteiger partial charge < -0.3 is 41.0 Å². The second kappa shape index (κ2) is 16.8. The summed E-state index contributed by atoms with van der Waals surface area (Å²) in [6.07, 6.45) is 6.27. The van der Waals surface area contributed by atoms with E-state index in [4.69, 9.17) is 0 Å². The number of carbonyl (C=O) groups is 4. The van der Waals surface area contributed by atoms with Gasteiger partial charge in [0.15, 0.2) is 0 Å². The molecule has 312 valence electrons. The van der Waals surface area contributed by atoms with E-state index >= 15 is 0 Å². The summed E-state index contributed by atoms with van der Waals surface area (Å²) < 4.78 is 29.7. The molecule has 6 atom stereocenters. The van der Waals surface area contributed by atoms with Crippen molar-refractivity contribution in [2.24, 2.45) is 5.41 Å². The summed E-state index contributed by atoms with van der Waals surface area (Å²) in [5.41, 5.74) is 4.52. The first-order valence-corrected chi connectivity index (χ1v) is 21.0. The lowest BCUT2D eigenvalue weighted by Crippen LogP contribution is -2.53. The highest BCUT2D eigenvalue weighted by molar-refractivity contribution is 5.97. The number of aromatic nitrogens is 2. The van der Waals surface area contributed by atoms with Crippen molar-refractivity contribution in [1.82, 2.24) is 41.0 Å². The number of fused-ring (bicyclic) bond motifs is 2. The van der Waals surface area contributed by atoms with E-state index < -0.39 is 30.0 Å². The molecule has 12 nitrogen and oxygen atoms in total. The smallest absolute Gasteiger partial charge is 0.245 e. The number of aromatic amines is 2. The summed E-state index contributed by atoms with van der Waals surface area (Å²) in [6, 6.07) is 6.76. The molecule has 2 aromatic heterocycles. The summed E-state index contributed by atoms with van der Waals surface area (Å²) in [4.78, 5) is 65.0. The Morgan fingerprint density at radius 3 is 1.71 bits per heavy atom. The molecule has 1 spiro atoms. The Bertz CT molecular complexity index is 2200. The SMILES string of the molecule is CCC(NC(=O)C(C)NC)C(=O)N1CCCC1Cc1c(-c2[nH]c3cc(F)ccc3c2CC2CC3(CC3)CN2C(=O)C(CC)NC(=O)C(C)NC)[nH]c2cc(F)ccc12. The predicted molar refractivity (Wildman–Crippen MR) is 221 cm³/mol. The van der Waals surface area contributed by atoms with Gasteiger partial charge >= 0.3 is 0 Å². The van der Waals surface area contributed by atoms with Gasteiger partial charge in [0, 0.05) is 47.0 Å². The molecule has 4 amide bonds. The standard InChI is InChI=1S/C44H58F2N8O4/c1-7-34(51-40(55)24(3)47-5)42(57)53-17-9-10-28(53)20-32-30-13-11-26(45)18-36(30)49-38(32)39-33(31-14-12-27(46)19-37(31)50-39)21-29-22-44(15-16-44)23-54(29)43(58)35(8-2)52-41(56)25(4)48-6/h11-14,18-19,24-25,28-29,34-35,47-50H,7-10,15-17,20-23H2,1-6H3,(H,51,55)(H,52,56). The van der Waals surface area contributed by atoms with Gasteiger partial charge in [-0.3, -0.25) is 19.2 Å². The van der Waals surface area contributed by atoms with Gasteiger partial charge in [-0.05, 0) is 139 Å². The third-order valence-corrected chi connectivity index (χ3v) is 13.1. The molecule has 4 aromatic rings. The van der Waals surface area contributed by atoms with Crippen molar-refractivity contribution < 1.29 is 28.0 Å². The fraction of sp³-hybridized carbons (Fsp3) is 0.545. The molecule has 3 aliphatic rings. The van der Waals surface area contributed by atoms with Crippen molar-refractivity contribution >= 4 is 45.4 Å². The first-order valence-electron chi connectivity index (χ1n) is 21.0. The average Bonchev–Trinajstić information content (AvgIpc) is 3.52. The van der Waals surface area contributed by atoms with E-state index in [0.717, 1.165) is 65.4 Å². The normalized spacial score (nSPS) is 20.8. The molecular formula is C44H58F2N8O4. The van der Waals surface area contributed by atoms with Crippen molar-refractivity contribution in [2.45, 2.75) is 122 Å². The van der Waals surface area contributed by atoms with Crippen LogP contribution in [0.3, 0.4) is 0 Å². The highest BCUT2D eigenvalue weighted by Crippen LogP contribution is 2.55. The van der Waals surface area contributed by atoms with Crippen LogP contribution >= 0.6 is 0 Å². The Hall–Kier alpha value is -4.82. The molecule has 0 bridgehead atoms. The number of nitrogens with one attached hydrogen (secondary N) is 6. The van der Waals surface area contributed by atoms with Crippen molar-refractivity contribution in [3.63, 3.8) is 0 Å². The highest BCUT2D eigenvalue weighted by Gasteiger charge is 2.54.